The van der Waals surface area contributed by atoms with Crippen LogP contribution in [0.1, 0.15) is 37.0 Å². The fraction of sp³-hybridized carbons (Fsp3) is 0.533. The van der Waals surface area contributed by atoms with Crippen LogP contribution in [0.2, 0.25) is 0 Å². The molecule has 1 N–H and O–H groups in total. The van der Waals surface area contributed by atoms with E-state index in [1.54, 1.807) is 0 Å². The number of nitrogens with one attached hydrogen (secondary N) is 1. The van der Waals surface area contributed by atoms with Gasteiger partial charge < -0.3 is 5.32 Å². The van der Waals surface area contributed by atoms with E-state index in [1.165, 1.54) is 11.1 Å². The SMILES string of the molecule is Cc1ccc(CC(=O)CCNC(C)C)cc1C. The quantitative estimate of drug-likeness (QED) is 0.818. The van der Waals surface area contributed by atoms with Crippen molar-refractivity contribution in [1.82, 2.24) is 5.32 Å². The van der Waals surface area contributed by atoms with Gasteiger partial charge in [-0.15, -0.1) is 0 Å². The fourth-order valence-electron chi connectivity index (χ4n) is 1.73. The van der Waals surface area contributed by atoms with Gasteiger partial charge in [-0.3, -0.25) is 4.79 Å². The van der Waals surface area contributed by atoms with Crippen molar-refractivity contribution in [2.45, 2.75) is 46.6 Å². The first-order valence-corrected chi connectivity index (χ1v) is 6.30. The van der Waals surface area contributed by atoms with Gasteiger partial charge in [-0.25, -0.2) is 0 Å². The molecule has 2 nitrogen and oxygen atoms in total. The lowest BCUT2D eigenvalue weighted by atomic mass is 10.0. The molecule has 1 rings (SSSR count). The second kappa shape index (κ2) is 6.55. The van der Waals surface area contributed by atoms with E-state index in [1.807, 2.05) is 0 Å². The van der Waals surface area contributed by atoms with Crippen LogP contribution in [-0.2, 0) is 11.2 Å². The lowest BCUT2D eigenvalue weighted by Crippen LogP contribution is -2.25. The minimum absolute atomic E-state index is 0.307. The number of carbonyl (C=O) groups is 1. The highest BCUT2D eigenvalue weighted by Crippen LogP contribution is 2.10. The highest BCUT2D eigenvalue weighted by atomic mass is 16.1. The van der Waals surface area contributed by atoms with Gasteiger partial charge in [0.1, 0.15) is 5.78 Å². The molecule has 0 saturated heterocycles. The van der Waals surface area contributed by atoms with E-state index in [0.717, 1.165) is 12.1 Å². The third kappa shape index (κ3) is 5.14. The van der Waals surface area contributed by atoms with Crippen LogP contribution in [0.25, 0.3) is 0 Å². The molecule has 2 heteroatoms. The Balaban J connectivity index is 2.42. The van der Waals surface area contributed by atoms with Gasteiger partial charge in [-0.05, 0) is 30.5 Å². The second-order valence-corrected chi connectivity index (χ2v) is 4.99. The summed E-state index contributed by atoms with van der Waals surface area (Å²) in [6, 6.07) is 6.70. The van der Waals surface area contributed by atoms with Gasteiger partial charge >= 0.3 is 0 Å². The number of rotatable bonds is 6. The van der Waals surface area contributed by atoms with E-state index in [4.69, 9.17) is 0 Å². The average molecular weight is 233 g/mol. The third-order valence-corrected chi connectivity index (χ3v) is 2.93. The van der Waals surface area contributed by atoms with Crippen LogP contribution in [0.3, 0.4) is 0 Å². The van der Waals surface area contributed by atoms with Crippen molar-refractivity contribution in [3.05, 3.63) is 34.9 Å². The largest absolute Gasteiger partial charge is 0.314 e. The first-order chi connectivity index (χ1) is 7.99. The predicted octanol–water partition coefficient (Wildman–Crippen LogP) is 2.80. The van der Waals surface area contributed by atoms with Crippen LogP contribution < -0.4 is 5.32 Å². The summed E-state index contributed by atoms with van der Waals surface area (Å²) in [5.74, 6) is 0.307. The topological polar surface area (TPSA) is 29.1 Å². The molecule has 1 aromatic carbocycles. The fourth-order valence-corrected chi connectivity index (χ4v) is 1.73. The van der Waals surface area contributed by atoms with Crippen LogP contribution in [0, 0.1) is 13.8 Å². The molecular weight excluding hydrogens is 210 g/mol. The number of ketones is 1. The first-order valence-electron chi connectivity index (χ1n) is 6.30. The Morgan fingerprint density at radius 2 is 1.94 bits per heavy atom. The summed E-state index contributed by atoms with van der Waals surface area (Å²) in [6.45, 7) is 9.14. The van der Waals surface area contributed by atoms with Gasteiger partial charge in [0.2, 0.25) is 0 Å². The minimum Gasteiger partial charge on any atom is -0.314 e. The van der Waals surface area contributed by atoms with Crippen LogP contribution in [-0.4, -0.2) is 18.4 Å². The van der Waals surface area contributed by atoms with E-state index in [0.29, 0.717) is 24.7 Å². The maximum absolute atomic E-state index is 11.8. The molecule has 0 aliphatic heterocycles. The Morgan fingerprint density at radius 1 is 1.24 bits per heavy atom. The van der Waals surface area contributed by atoms with Gasteiger partial charge in [0.15, 0.2) is 0 Å². The van der Waals surface area contributed by atoms with E-state index >= 15 is 0 Å². The maximum atomic E-state index is 11.8. The molecule has 0 bridgehead atoms. The summed E-state index contributed by atoms with van der Waals surface area (Å²) in [5.41, 5.74) is 3.67. The highest BCUT2D eigenvalue weighted by Gasteiger charge is 2.05. The van der Waals surface area contributed by atoms with Crippen molar-refractivity contribution >= 4 is 5.78 Å². The molecule has 1 aromatic rings. The molecule has 0 heterocycles. The third-order valence-electron chi connectivity index (χ3n) is 2.93. The zero-order valence-electron chi connectivity index (χ0n) is 11.3. The van der Waals surface area contributed by atoms with Gasteiger partial charge in [-0.2, -0.15) is 0 Å². The van der Waals surface area contributed by atoms with Crippen molar-refractivity contribution in [2.24, 2.45) is 0 Å². The summed E-state index contributed by atoms with van der Waals surface area (Å²) in [7, 11) is 0. The van der Waals surface area contributed by atoms with E-state index in [2.05, 4.69) is 51.2 Å². The maximum Gasteiger partial charge on any atom is 0.138 e. The second-order valence-electron chi connectivity index (χ2n) is 4.99. The lowest BCUT2D eigenvalue weighted by molar-refractivity contribution is -0.118. The molecule has 94 valence electrons. The molecule has 0 spiro atoms. The monoisotopic (exact) mass is 233 g/mol. The lowest BCUT2D eigenvalue weighted by Gasteiger charge is -2.08. The van der Waals surface area contributed by atoms with Crippen LogP contribution >= 0.6 is 0 Å². The van der Waals surface area contributed by atoms with E-state index < -0.39 is 0 Å². The number of aryl methyl sites for hydroxylation is 2. The van der Waals surface area contributed by atoms with E-state index in [9.17, 15) is 4.79 Å². The van der Waals surface area contributed by atoms with Crippen LogP contribution in [0.5, 0.6) is 0 Å². The zero-order valence-corrected chi connectivity index (χ0v) is 11.3. The van der Waals surface area contributed by atoms with Crippen molar-refractivity contribution < 1.29 is 4.79 Å². The van der Waals surface area contributed by atoms with Gasteiger partial charge in [0, 0.05) is 25.4 Å². The molecule has 0 amide bonds. The Morgan fingerprint density at radius 3 is 2.53 bits per heavy atom. The molecule has 0 atom stereocenters. The Labute approximate surface area is 104 Å². The molecule has 0 aliphatic carbocycles. The number of carbonyl (C=O) groups excluding carboxylic acids is 1. The average Bonchev–Trinajstić information content (AvgIpc) is 2.23. The summed E-state index contributed by atoms with van der Waals surface area (Å²) in [4.78, 5) is 11.8. The van der Waals surface area contributed by atoms with Gasteiger partial charge in [0.25, 0.3) is 0 Å². The van der Waals surface area contributed by atoms with Gasteiger partial charge in [0.05, 0.1) is 0 Å². The number of hydrogen-bond donors (Lipinski definition) is 1. The first kappa shape index (κ1) is 13.9. The number of benzene rings is 1. The standard InChI is InChI=1S/C15H23NO/c1-11(2)16-8-7-15(17)10-14-6-5-12(3)13(4)9-14/h5-6,9,11,16H,7-8,10H2,1-4H3. The van der Waals surface area contributed by atoms with E-state index in [-0.39, 0.29) is 0 Å². The smallest absolute Gasteiger partial charge is 0.138 e. The predicted molar refractivity (Wildman–Crippen MR) is 72.4 cm³/mol. The normalized spacial score (nSPS) is 10.9. The minimum atomic E-state index is 0.307. The van der Waals surface area contributed by atoms with Crippen molar-refractivity contribution in [3.63, 3.8) is 0 Å². The summed E-state index contributed by atoms with van der Waals surface area (Å²) < 4.78 is 0. The summed E-state index contributed by atoms with van der Waals surface area (Å²) >= 11 is 0. The highest BCUT2D eigenvalue weighted by molar-refractivity contribution is 5.81. The Kier molecular flexibility index (Phi) is 5.36. The molecule has 0 unspecified atom stereocenters. The molecule has 0 saturated carbocycles. The number of Topliss-reactive ketones (excluding diaryl/α,β-unsaturated/α-hetero) is 1. The van der Waals surface area contributed by atoms with Crippen molar-refractivity contribution in [1.29, 1.82) is 0 Å². The molecule has 17 heavy (non-hydrogen) atoms. The summed E-state index contributed by atoms with van der Waals surface area (Å²) in [6.07, 6.45) is 1.17. The van der Waals surface area contributed by atoms with Gasteiger partial charge in [-0.1, -0.05) is 32.0 Å². The molecule has 0 radical (unpaired) electrons. The molecule has 0 aromatic heterocycles. The van der Waals surface area contributed by atoms with Crippen LogP contribution in [0.15, 0.2) is 18.2 Å². The number of hydrogen-bond acceptors (Lipinski definition) is 2. The van der Waals surface area contributed by atoms with Crippen molar-refractivity contribution in [3.8, 4) is 0 Å². The Bertz CT molecular complexity index is 383. The molecule has 0 aliphatic rings. The van der Waals surface area contributed by atoms with Crippen molar-refractivity contribution in [2.75, 3.05) is 6.54 Å². The summed E-state index contributed by atoms with van der Waals surface area (Å²) in [5, 5.41) is 3.26. The molecule has 0 fully saturated rings. The Hall–Kier alpha value is -1.15. The van der Waals surface area contributed by atoms with Crippen LogP contribution in [0.4, 0.5) is 0 Å². The zero-order chi connectivity index (χ0) is 12.8. The molecular formula is C15H23NO.